The largest absolute Gasteiger partial charge is 0.328 e. The summed E-state index contributed by atoms with van der Waals surface area (Å²) in [7, 11) is 1.98. The van der Waals surface area contributed by atoms with E-state index in [1.165, 1.54) is 11.1 Å². The molecule has 0 radical (unpaired) electrons. The van der Waals surface area contributed by atoms with Crippen molar-refractivity contribution in [2.45, 2.75) is 26.3 Å². The summed E-state index contributed by atoms with van der Waals surface area (Å²) in [5, 5.41) is 3.16. The Labute approximate surface area is 96.5 Å². The first-order valence-corrected chi connectivity index (χ1v) is 5.82. The first kappa shape index (κ1) is 11.1. The lowest BCUT2D eigenvalue weighted by Gasteiger charge is -2.08. The fourth-order valence-corrected chi connectivity index (χ4v) is 1.91. The minimum atomic E-state index is 0.466. The summed E-state index contributed by atoms with van der Waals surface area (Å²) in [4.78, 5) is 4.45. The van der Waals surface area contributed by atoms with Crippen molar-refractivity contribution in [1.82, 2.24) is 14.9 Å². The Kier molecular flexibility index (Phi) is 3.25. The van der Waals surface area contributed by atoms with Crippen LogP contribution in [0.1, 0.15) is 25.5 Å². The molecule has 1 heterocycles. The smallest absolute Gasteiger partial charge is 0.0960 e. The third-order valence-corrected chi connectivity index (χ3v) is 2.86. The molecule has 1 N–H and O–H groups in total. The lowest BCUT2D eigenvalue weighted by molar-refractivity contribution is 0.617. The van der Waals surface area contributed by atoms with Gasteiger partial charge in [-0.05, 0) is 51.6 Å². The summed E-state index contributed by atoms with van der Waals surface area (Å²) in [5.74, 6) is 0. The van der Waals surface area contributed by atoms with E-state index >= 15 is 0 Å². The van der Waals surface area contributed by atoms with Gasteiger partial charge < -0.3 is 9.88 Å². The summed E-state index contributed by atoms with van der Waals surface area (Å²) < 4.78 is 2.21. The molecule has 0 fully saturated rings. The second kappa shape index (κ2) is 4.66. The Morgan fingerprint density at radius 1 is 1.38 bits per heavy atom. The standard InChI is InChI=1S/C13H19N3/c1-10(2)16-9-15-12-8-11(6-7-14-3)4-5-13(12)16/h4-5,8-10,14H,6-7H2,1-3H3. The fourth-order valence-electron chi connectivity index (χ4n) is 1.91. The first-order valence-electron chi connectivity index (χ1n) is 5.82. The molecule has 0 amide bonds. The zero-order valence-electron chi connectivity index (χ0n) is 10.2. The highest BCUT2D eigenvalue weighted by atomic mass is 15.1. The van der Waals surface area contributed by atoms with Gasteiger partial charge >= 0.3 is 0 Å². The number of imidazole rings is 1. The predicted molar refractivity (Wildman–Crippen MR) is 67.7 cm³/mol. The maximum Gasteiger partial charge on any atom is 0.0960 e. The second-order valence-corrected chi connectivity index (χ2v) is 4.42. The number of nitrogens with one attached hydrogen (secondary N) is 1. The van der Waals surface area contributed by atoms with E-state index in [-0.39, 0.29) is 0 Å². The lowest BCUT2D eigenvalue weighted by atomic mass is 10.1. The molecule has 86 valence electrons. The molecular weight excluding hydrogens is 198 g/mol. The molecule has 0 aliphatic heterocycles. The van der Waals surface area contributed by atoms with Gasteiger partial charge in [-0.1, -0.05) is 6.07 Å². The Bertz CT molecular complexity index is 471. The molecule has 2 aromatic rings. The molecule has 3 nitrogen and oxygen atoms in total. The molecule has 0 saturated heterocycles. The van der Waals surface area contributed by atoms with Crippen molar-refractivity contribution in [2.24, 2.45) is 0 Å². The average molecular weight is 217 g/mol. The zero-order chi connectivity index (χ0) is 11.5. The van der Waals surface area contributed by atoms with E-state index in [1.807, 2.05) is 13.4 Å². The third-order valence-electron chi connectivity index (χ3n) is 2.86. The molecule has 0 unspecified atom stereocenters. The van der Waals surface area contributed by atoms with Crippen LogP contribution in [-0.2, 0) is 6.42 Å². The van der Waals surface area contributed by atoms with E-state index in [9.17, 15) is 0 Å². The maximum atomic E-state index is 4.45. The van der Waals surface area contributed by atoms with Crippen molar-refractivity contribution in [1.29, 1.82) is 0 Å². The van der Waals surface area contributed by atoms with Crippen molar-refractivity contribution >= 4 is 11.0 Å². The van der Waals surface area contributed by atoms with Gasteiger partial charge in [-0.2, -0.15) is 0 Å². The van der Waals surface area contributed by atoms with E-state index in [0.717, 1.165) is 18.5 Å². The van der Waals surface area contributed by atoms with Crippen LogP contribution in [0.5, 0.6) is 0 Å². The second-order valence-electron chi connectivity index (χ2n) is 4.42. The average Bonchev–Trinajstić information content (AvgIpc) is 2.69. The summed E-state index contributed by atoms with van der Waals surface area (Å²) >= 11 is 0. The summed E-state index contributed by atoms with van der Waals surface area (Å²) in [6.45, 7) is 5.36. The topological polar surface area (TPSA) is 29.9 Å². The van der Waals surface area contributed by atoms with E-state index < -0.39 is 0 Å². The number of fused-ring (bicyclic) bond motifs is 1. The highest BCUT2D eigenvalue weighted by Gasteiger charge is 2.05. The van der Waals surface area contributed by atoms with Crippen LogP contribution < -0.4 is 5.32 Å². The molecule has 0 saturated carbocycles. The van der Waals surface area contributed by atoms with Gasteiger partial charge in [-0.15, -0.1) is 0 Å². The minimum absolute atomic E-state index is 0.466. The van der Waals surface area contributed by atoms with Crippen LogP contribution in [0.15, 0.2) is 24.5 Å². The van der Waals surface area contributed by atoms with Crippen molar-refractivity contribution in [3.63, 3.8) is 0 Å². The highest BCUT2D eigenvalue weighted by molar-refractivity contribution is 5.76. The van der Waals surface area contributed by atoms with Gasteiger partial charge in [0.2, 0.25) is 0 Å². The van der Waals surface area contributed by atoms with Crippen LogP contribution in [0.25, 0.3) is 11.0 Å². The molecular formula is C13H19N3. The van der Waals surface area contributed by atoms with Crippen molar-refractivity contribution in [3.8, 4) is 0 Å². The summed E-state index contributed by atoms with van der Waals surface area (Å²) in [6.07, 6.45) is 2.98. The number of hydrogen-bond acceptors (Lipinski definition) is 2. The fraction of sp³-hybridized carbons (Fsp3) is 0.462. The predicted octanol–water partition coefficient (Wildman–Crippen LogP) is 2.38. The van der Waals surface area contributed by atoms with Gasteiger partial charge in [0.1, 0.15) is 0 Å². The number of benzene rings is 1. The van der Waals surface area contributed by atoms with Gasteiger partial charge in [0.05, 0.1) is 17.4 Å². The van der Waals surface area contributed by atoms with Gasteiger partial charge in [0, 0.05) is 6.04 Å². The van der Waals surface area contributed by atoms with Crippen LogP contribution in [0, 0.1) is 0 Å². The van der Waals surface area contributed by atoms with E-state index in [4.69, 9.17) is 0 Å². The molecule has 2 rings (SSSR count). The van der Waals surface area contributed by atoms with E-state index in [1.54, 1.807) is 0 Å². The van der Waals surface area contributed by atoms with Crippen LogP contribution in [0.4, 0.5) is 0 Å². The lowest BCUT2D eigenvalue weighted by Crippen LogP contribution is -2.10. The molecule has 0 spiro atoms. The van der Waals surface area contributed by atoms with Crippen LogP contribution in [0.3, 0.4) is 0 Å². The SMILES string of the molecule is CNCCc1ccc2c(c1)ncn2C(C)C. The molecule has 16 heavy (non-hydrogen) atoms. The number of nitrogens with zero attached hydrogens (tertiary/aromatic N) is 2. The van der Waals surface area contributed by atoms with Crippen molar-refractivity contribution < 1.29 is 0 Å². The first-order chi connectivity index (χ1) is 7.72. The van der Waals surface area contributed by atoms with Gasteiger partial charge in [-0.25, -0.2) is 4.98 Å². The molecule has 1 aromatic heterocycles. The van der Waals surface area contributed by atoms with Crippen molar-refractivity contribution in [3.05, 3.63) is 30.1 Å². The number of hydrogen-bond donors (Lipinski definition) is 1. The van der Waals surface area contributed by atoms with Crippen LogP contribution in [-0.4, -0.2) is 23.1 Å². The highest BCUT2D eigenvalue weighted by Crippen LogP contribution is 2.18. The molecule has 0 aliphatic carbocycles. The van der Waals surface area contributed by atoms with Crippen LogP contribution >= 0.6 is 0 Å². The summed E-state index contributed by atoms with van der Waals surface area (Å²) in [5.41, 5.74) is 3.67. The minimum Gasteiger partial charge on any atom is -0.328 e. The van der Waals surface area contributed by atoms with Crippen LogP contribution in [0.2, 0.25) is 0 Å². The Morgan fingerprint density at radius 2 is 2.19 bits per heavy atom. The van der Waals surface area contributed by atoms with E-state index in [2.05, 4.69) is 46.9 Å². The molecule has 0 aliphatic rings. The third kappa shape index (κ3) is 2.09. The zero-order valence-corrected chi connectivity index (χ0v) is 10.2. The number of aromatic nitrogens is 2. The maximum absolute atomic E-state index is 4.45. The number of rotatable bonds is 4. The quantitative estimate of drug-likeness (QED) is 0.852. The summed E-state index contributed by atoms with van der Waals surface area (Å²) in [6, 6.07) is 7.02. The number of likely N-dealkylation sites (N-methyl/N-ethyl adjacent to an activating group) is 1. The Balaban J connectivity index is 2.33. The van der Waals surface area contributed by atoms with Gasteiger partial charge in [0.25, 0.3) is 0 Å². The van der Waals surface area contributed by atoms with E-state index in [0.29, 0.717) is 6.04 Å². The molecule has 0 bridgehead atoms. The molecule has 3 heteroatoms. The van der Waals surface area contributed by atoms with Crippen molar-refractivity contribution in [2.75, 3.05) is 13.6 Å². The Morgan fingerprint density at radius 3 is 2.88 bits per heavy atom. The van der Waals surface area contributed by atoms with Gasteiger partial charge in [0.15, 0.2) is 0 Å². The normalized spacial score (nSPS) is 11.5. The monoisotopic (exact) mass is 217 g/mol. The Hall–Kier alpha value is -1.35. The van der Waals surface area contributed by atoms with Gasteiger partial charge in [-0.3, -0.25) is 0 Å². The molecule has 1 aromatic carbocycles. The molecule has 0 atom stereocenters.